The molecular formula is C15H11NO3S2. The van der Waals surface area contributed by atoms with Gasteiger partial charge >= 0.3 is 0 Å². The van der Waals surface area contributed by atoms with Crippen LogP contribution in [0.4, 0.5) is 0 Å². The summed E-state index contributed by atoms with van der Waals surface area (Å²) in [5, 5.41) is 10.7. The van der Waals surface area contributed by atoms with Gasteiger partial charge in [0, 0.05) is 33.7 Å². The van der Waals surface area contributed by atoms with Crippen LogP contribution in [0.15, 0.2) is 47.5 Å². The van der Waals surface area contributed by atoms with Gasteiger partial charge in [0.05, 0.1) is 5.39 Å². The summed E-state index contributed by atoms with van der Waals surface area (Å²) in [6.07, 6.45) is 3.21. The number of carbonyl (C=O) groups excluding carboxylic acids is 1. The molecule has 2 aromatic heterocycles. The molecule has 0 aliphatic heterocycles. The number of ketones is 1. The summed E-state index contributed by atoms with van der Waals surface area (Å²) in [6.45, 7) is 0. The van der Waals surface area contributed by atoms with Crippen LogP contribution in [-0.4, -0.2) is 26.3 Å². The molecule has 0 fully saturated rings. The molecule has 2 heterocycles. The molecule has 0 aliphatic rings. The number of fused-ring (bicyclic) bond motifs is 1. The van der Waals surface area contributed by atoms with Crippen molar-refractivity contribution in [3.05, 3.63) is 53.0 Å². The topological polar surface area (TPSA) is 67.3 Å². The predicted octanol–water partition coefficient (Wildman–Crippen LogP) is 2.97. The van der Waals surface area contributed by atoms with Crippen molar-refractivity contribution in [1.29, 1.82) is 0 Å². The third-order valence-electron chi connectivity index (χ3n) is 3.09. The number of rotatable bonds is 3. The molecule has 6 heteroatoms. The first kappa shape index (κ1) is 13.9. The Bertz CT molecular complexity index is 853. The normalized spacial score (nSPS) is 12.4. The van der Waals surface area contributed by atoms with Gasteiger partial charge in [0.1, 0.15) is 15.5 Å². The van der Waals surface area contributed by atoms with Gasteiger partial charge in [-0.15, -0.1) is 11.3 Å². The quantitative estimate of drug-likeness (QED) is 0.754. The standard InChI is InChI=1S/C15H11NO3S2/c1-21(19)10-6-4-9(5-7-10)12(17)14-13(18)11-3-2-8-16-15(11)20-14/h2-8,18H,1H3. The third-order valence-corrected chi connectivity index (χ3v) is 5.13. The van der Waals surface area contributed by atoms with Gasteiger partial charge in [-0.3, -0.25) is 9.00 Å². The van der Waals surface area contributed by atoms with Gasteiger partial charge in [-0.05, 0) is 36.4 Å². The maximum Gasteiger partial charge on any atom is 0.206 e. The molecule has 4 nitrogen and oxygen atoms in total. The summed E-state index contributed by atoms with van der Waals surface area (Å²) in [5.41, 5.74) is 0.450. The molecule has 1 unspecified atom stereocenters. The van der Waals surface area contributed by atoms with Crippen molar-refractivity contribution in [3.63, 3.8) is 0 Å². The Morgan fingerprint density at radius 1 is 1.24 bits per heavy atom. The van der Waals surface area contributed by atoms with Crippen LogP contribution in [0.1, 0.15) is 15.2 Å². The molecule has 0 amide bonds. The molecular weight excluding hydrogens is 306 g/mol. The largest absolute Gasteiger partial charge is 0.506 e. The second kappa shape index (κ2) is 5.38. The van der Waals surface area contributed by atoms with E-state index in [2.05, 4.69) is 4.98 Å². The van der Waals surface area contributed by atoms with Gasteiger partial charge < -0.3 is 5.11 Å². The Morgan fingerprint density at radius 3 is 2.57 bits per heavy atom. The van der Waals surface area contributed by atoms with Crippen LogP contribution in [0, 0.1) is 0 Å². The Balaban J connectivity index is 2.04. The summed E-state index contributed by atoms with van der Waals surface area (Å²) >= 11 is 1.17. The zero-order valence-electron chi connectivity index (χ0n) is 11.1. The van der Waals surface area contributed by atoms with Gasteiger partial charge in [0.15, 0.2) is 0 Å². The molecule has 0 aliphatic carbocycles. The molecule has 0 saturated carbocycles. The Labute approximate surface area is 127 Å². The van der Waals surface area contributed by atoms with E-state index in [9.17, 15) is 14.1 Å². The van der Waals surface area contributed by atoms with Crippen molar-refractivity contribution >= 4 is 38.1 Å². The summed E-state index contributed by atoms with van der Waals surface area (Å²) < 4.78 is 11.3. The fraction of sp³-hybridized carbons (Fsp3) is 0.0667. The lowest BCUT2D eigenvalue weighted by molar-refractivity contribution is 0.104. The zero-order chi connectivity index (χ0) is 15.0. The van der Waals surface area contributed by atoms with Crippen LogP contribution in [0.3, 0.4) is 0 Å². The van der Waals surface area contributed by atoms with E-state index in [1.165, 1.54) is 11.3 Å². The molecule has 106 valence electrons. The summed E-state index contributed by atoms with van der Waals surface area (Å²) in [5.74, 6) is -0.292. The highest BCUT2D eigenvalue weighted by atomic mass is 32.2. The lowest BCUT2D eigenvalue weighted by Crippen LogP contribution is -1.99. The molecule has 3 rings (SSSR count). The highest BCUT2D eigenvalue weighted by molar-refractivity contribution is 7.84. The fourth-order valence-electron chi connectivity index (χ4n) is 2.00. The van der Waals surface area contributed by atoms with E-state index in [1.807, 2.05) is 0 Å². The maximum atomic E-state index is 12.5. The van der Waals surface area contributed by atoms with Crippen molar-refractivity contribution < 1.29 is 14.1 Å². The first-order chi connectivity index (χ1) is 10.1. The third kappa shape index (κ3) is 2.48. The minimum Gasteiger partial charge on any atom is -0.506 e. The van der Waals surface area contributed by atoms with E-state index in [-0.39, 0.29) is 16.4 Å². The van der Waals surface area contributed by atoms with Crippen molar-refractivity contribution in [2.45, 2.75) is 4.90 Å². The van der Waals surface area contributed by atoms with E-state index >= 15 is 0 Å². The SMILES string of the molecule is CS(=O)c1ccc(C(=O)c2sc3ncccc3c2O)cc1. The maximum absolute atomic E-state index is 12.5. The monoisotopic (exact) mass is 317 g/mol. The van der Waals surface area contributed by atoms with Gasteiger partial charge in [0.2, 0.25) is 5.78 Å². The Hall–Kier alpha value is -2.05. The first-order valence-corrected chi connectivity index (χ1v) is 8.50. The van der Waals surface area contributed by atoms with Gasteiger partial charge in [-0.1, -0.05) is 0 Å². The van der Waals surface area contributed by atoms with Crippen LogP contribution >= 0.6 is 11.3 Å². The van der Waals surface area contributed by atoms with E-state index in [4.69, 9.17) is 0 Å². The van der Waals surface area contributed by atoms with E-state index in [0.717, 1.165) is 0 Å². The number of pyridine rings is 1. The van der Waals surface area contributed by atoms with E-state index in [1.54, 1.807) is 48.9 Å². The number of aromatic hydroxyl groups is 1. The number of aromatic nitrogens is 1. The minimum absolute atomic E-state index is 0.0313. The highest BCUT2D eigenvalue weighted by Gasteiger charge is 2.19. The highest BCUT2D eigenvalue weighted by Crippen LogP contribution is 2.36. The molecule has 0 saturated heterocycles. The number of hydrogen-bond donors (Lipinski definition) is 1. The lowest BCUT2D eigenvalue weighted by Gasteiger charge is -2.01. The summed E-state index contributed by atoms with van der Waals surface area (Å²) in [7, 11) is -1.08. The number of thiophene rings is 1. The van der Waals surface area contributed by atoms with Crippen molar-refractivity contribution in [2.75, 3.05) is 6.26 Å². The second-order valence-corrected chi connectivity index (χ2v) is 6.82. The average molecular weight is 317 g/mol. The number of hydrogen-bond acceptors (Lipinski definition) is 5. The smallest absolute Gasteiger partial charge is 0.206 e. The fourth-order valence-corrected chi connectivity index (χ4v) is 3.52. The predicted molar refractivity (Wildman–Crippen MR) is 83.5 cm³/mol. The van der Waals surface area contributed by atoms with Crippen molar-refractivity contribution in [2.24, 2.45) is 0 Å². The van der Waals surface area contributed by atoms with Crippen molar-refractivity contribution in [1.82, 2.24) is 4.98 Å². The minimum atomic E-state index is -1.08. The Morgan fingerprint density at radius 2 is 1.95 bits per heavy atom. The van der Waals surface area contributed by atoms with Crippen molar-refractivity contribution in [3.8, 4) is 5.75 Å². The second-order valence-electron chi connectivity index (χ2n) is 4.44. The van der Waals surface area contributed by atoms with Crippen LogP contribution in [-0.2, 0) is 10.8 Å². The number of nitrogens with zero attached hydrogens (tertiary/aromatic N) is 1. The summed E-state index contributed by atoms with van der Waals surface area (Å²) in [6, 6.07) is 10.0. The number of carbonyl (C=O) groups is 1. The molecule has 1 atom stereocenters. The first-order valence-electron chi connectivity index (χ1n) is 6.12. The zero-order valence-corrected chi connectivity index (χ0v) is 12.7. The molecule has 0 spiro atoms. The molecule has 0 bridgehead atoms. The van der Waals surface area contributed by atoms with Crippen LogP contribution < -0.4 is 0 Å². The van der Waals surface area contributed by atoms with Gasteiger partial charge in [0.25, 0.3) is 0 Å². The van der Waals surface area contributed by atoms with Gasteiger partial charge in [-0.2, -0.15) is 0 Å². The molecule has 3 aromatic rings. The molecule has 0 radical (unpaired) electrons. The number of benzene rings is 1. The van der Waals surface area contributed by atoms with Crippen LogP contribution in [0.25, 0.3) is 10.2 Å². The molecule has 21 heavy (non-hydrogen) atoms. The molecule has 1 aromatic carbocycles. The van der Waals surface area contributed by atoms with Crippen LogP contribution in [0.2, 0.25) is 0 Å². The average Bonchev–Trinajstić information content (AvgIpc) is 2.84. The lowest BCUT2D eigenvalue weighted by atomic mass is 10.1. The van der Waals surface area contributed by atoms with E-state index in [0.29, 0.717) is 20.7 Å². The van der Waals surface area contributed by atoms with E-state index < -0.39 is 10.8 Å². The summed E-state index contributed by atoms with van der Waals surface area (Å²) in [4.78, 5) is 18.2. The molecule has 1 N–H and O–H groups in total. The van der Waals surface area contributed by atoms with Gasteiger partial charge in [-0.25, -0.2) is 4.98 Å². The Kier molecular flexibility index (Phi) is 3.57. The van der Waals surface area contributed by atoms with Crippen LogP contribution in [0.5, 0.6) is 5.75 Å².